The highest BCUT2D eigenvalue weighted by Gasteiger charge is 2.49. The van der Waals surface area contributed by atoms with Crippen LogP contribution < -0.4 is 5.32 Å². The number of carbonyl (C=O) groups excluding carboxylic acids is 2. The molecule has 4 nitrogen and oxygen atoms in total. The number of nitrogens with one attached hydrogen (secondary N) is 1. The van der Waals surface area contributed by atoms with Gasteiger partial charge in [0.2, 0.25) is 5.82 Å². The van der Waals surface area contributed by atoms with Gasteiger partial charge in [-0.25, -0.2) is 26.7 Å². The first-order chi connectivity index (χ1) is 12.6. The lowest BCUT2D eigenvalue weighted by Crippen LogP contribution is -2.40. The molecule has 0 unspecified atom stereocenters. The number of urea groups is 1. The zero-order valence-corrected chi connectivity index (χ0v) is 15.1. The van der Waals surface area contributed by atoms with Gasteiger partial charge in [0.25, 0.3) is 5.91 Å². The molecule has 3 rings (SSSR count). The lowest BCUT2D eigenvalue weighted by molar-refractivity contribution is -0.131. The Morgan fingerprint density at radius 1 is 1.00 bits per heavy atom. The van der Waals surface area contributed by atoms with Crippen LogP contribution in [0.25, 0.3) is 0 Å². The van der Waals surface area contributed by atoms with E-state index < -0.39 is 58.7 Å². The van der Waals surface area contributed by atoms with Gasteiger partial charge in [0.1, 0.15) is 5.54 Å². The molecule has 0 bridgehead atoms. The molecule has 1 N–H and O–H groups in total. The zero-order chi connectivity index (χ0) is 20.1. The minimum Gasteiger partial charge on any atom is -0.319 e. The maximum atomic E-state index is 13.9. The fourth-order valence-corrected chi connectivity index (χ4v) is 3.18. The van der Waals surface area contributed by atoms with Crippen LogP contribution in [0.5, 0.6) is 0 Å². The Hall–Kier alpha value is -2.49. The van der Waals surface area contributed by atoms with Crippen molar-refractivity contribution in [2.45, 2.75) is 19.0 Å². The number of amides is 3. The molecule has 142 valence electrons. The second-order valence-electron chi connectivity index (χ2n) is 6.01. The van der Waals surface area contributed by atoms with E-state index in [-0.39, 0.29) is 0 Å². The summed E-state index contributed by atoms with van der Waals surface area (Å²) in [5, 5.41) is 2.38. The highest BCUT2D eigenvalue weighted by atomic mass is 79.9. The van der Waals surface area contributed by atoms with Gasteiger partial charge in [-0.1, -0.05) is 28.1 Å². The van der Waals surface area contributed by atoms with Crippen molar-refractivity contribution in [2.75, 3.05) is 0 Å². The van der Waals surface area contributed by atoms with Gasteiger partial charge in [-0.2, -0.15) is 0 Å². The molecule has 0 saturated carbocycles. The van der Waals surface area contributed by atoms with E-state index in [1.807, 2.05) is 0 Å². The summed E-state index contributed by atoms with van der Waals surface area (Å²) < 4.78 is 68.3. The van der Waals surface area contributed by atoms with Crippen LogP contribution in [0.4, 0.5) is 26.7 Å². The Kier molecular flexibility index (Phi) is 4.71. The summed E-state index contributed by atoms with van der Waals surface area (Å²) in [6.07, 6.45) is 0. The second-order valence-corrected chi connectivity index (χ2v) is 6.92. The molecule has 1 fully saturated rings. The molecule has 1 atom stereocenters. The van der Waals surface area contributed by atoms with Crippen molar-refractivity contribution in [3.05, 3.63) is 69.0 Å². The summed E-state index contributed by atoms with van der Waals surface area (Å²) in [6.45, 7) is 0.258. The largest absolute Gasteiger partial charge is 0.325 e. The molecule has 0 radical (unpaired) electrons. The average molecular weight is 449 g/mol. The third-order valence-electron chi connectivity index (χ3n) is 4.29. The minimum absolute atomic E-state index is 0.370. The van der Waals surface area contributed by atoms with E-state index in [2.05, 4.69) is 21.2 Å². The molecule has 1 heterocycles. The first-order valence-electron chi connectivity index (χ1n) is 7.48. The number of imide groups is 1. The molecular formula is C17H10BrF5N2O2. The van der Waals surface area contributed by atoms with E-state index in [4.69, 9.17) is 0 Å². The van der Waals surface area contributed by atoms with E-state index in [9.17, 15) is 31.5 Å². The van der Waals surface area contributed by atoms with Crippen molar-refractivity contribution >= 4 is 27.9 Å². The number of hydrogen-bond acceptors (Lipinski definition) is 2. The fourth-order valence-electron chi connectivity index (χ4n) is 2.78. The van der Waals surface area contributed by atoms with Gasteiger partial charge in [0.05, 0.1) is 6.54 Å². The second kappa shape index (κ2) is 6.59. The smallest absolute Gasteiger partial charge is 0.319 e. The Bertz CT molecular complexity index is 955. The number of carbonyl (C=O) groups is 2. The van der Waals surface area contributed by atoms with E-state index in [1.165, 1.54) is 6.92 Å². The summed E-state index contributed by atoms with van der Waals surface area (Å²) in [5.74, 6) is -11.7. The Morgan fingerprint density at radius 3 is 2.11 bits per heavy atom. The monoisotopic (exact) mass is 448 g/mol. The predicted octanol–water partition coefficient (Wildman–Crippen LogP) is 4.11. The maximum Gasteiger partial charge on any atom is 0.325 e. The first-order valence-corrected chi connectivity index (χ1v) is 8.27. The molecule has 1 aliphatic rings. The minimum atomic E-state index is -2.31. The van der Waals surface area contributed by atoms with E-state index in [1.54, 1.807) is 24.3 Å². The van der Waals surface area contributed by atoms with Crippen LogP contribution in [0, 0.1) is 29.1 Å². The molecule has 1 aliphatic heterocycles. The van der Waals surface area contributed by atoms with Crippen LogP contribution in [-0.2, 0) is 16.9 Å². The molecule has 27 heavy (non-hydrogen) atoms. The molecule has 1 saturated heterocycles. The van der Waals surface area contributed by atoms with Crippen LogP contribution in [0.15, 0.2) is 28.7 Å². The molecule has 0 spiro atoms. The third kappa shape index (κ3) is 2.97. The maximum absolute atomic E-state index is 13.9. The van der Waals surface area contributed by atoms with E-state index >= 15 is 0 Å². The van der Waals surface area contributed by atoms with Gasteiger partial charge in [0.15, 0.2) is 23.3 Å². The van der Waals surface area contributed by atoms with Crippen molar-refractivity contribution in [1.82, 2.24) is 10.2 Å². The number of rotatable bonds is 3. The molecule has 2 aromatic rings. The zero-order valence-electron chi connectivity index (χ0n) is 13.5. The van der Waals surface area contributed by atoms with Gasteiger partial charge in [-0.15, -0.1) is 0 Å². The fraction of sp³-hybridized carbons (Fsp3) is 0.176. The van der Waals surface area contributed by atoms with Crippen LogP contribution in [0.1, 0.15) is 18.1 Å². The van der Waals surface area contributed by atoms with Crippen molar-refractivity contribution in [3.8, 4) is 0 Å². The van der Waals surface area contributed by atoms with Crippen molar-refractivity contribution in [3.63, 3.8) is 0 Å². The number of halogens is 6. The van der Waals surface area contributed by atoms with E-state index in [0.717, 1.165) is 0 Å². The highest BCUT2D eigenvalue weighted by molar-refractivity contribution is 9.10. The summed E-state index contributed by atoms with van der Waals surface area (Å²) >= 11 is 3.22. The van der Waals surface area contributed by atoms with Crippen molar-refractivity contribution in [1.29, 1.82) is 0 Å². The van der Waals surface area contributed by atoms with Crippen LogP contribution >= 0.6 is 15.9 Å². The quantitative estimate of drug-likeness (QED) is 0.332. The highest BCUT2D eigenvalue weighted by Crippen LogP contribution is 2.32. The Morgan fingerprint density at radius 2 is 1.56 bits per heavy atom. The number of benzene rings is 2. The molecule has 10 heteroatoms. The van der Waals surface area contributed by atoms with Crippen LogP contribution in [0.2, 0.25) is 0 Å². The topological polar surface area (TPSA) is 49.4 Å². The lowest BCUT2D eigenvalue weighted by atomic mass is 9.92. The molecule has 0 aromatic heterocycles. The van der Waals surface area contributed by atoms with Gasteiger partial charge in [0, 0.05) is 10.0 Å². The standard InChI is InChI=1S/C17H10BrF5N2O2/c1-17(7-3-2-4-8(18)5-7)15(26)25(16(27)24-17)6-9-10(19)12(21)14(23)13(22)11(9)20/h2-5H,6H2,1H3,(H,24,27)/t17-/m1/s1. The predicted molar refractivity (Wildman–Crippen MR) is 86.8 cm³/mol. The summed E-state index contributed by atoms with van der Waals surface area (Å²) in [4.78, 5) is 25.3. The molecule has 3 amide bonds. The SMILES string of the molecule is C[C@]1(c2cccc(Br)c2)NC(=O)N(Cc2c(F)c(F)c(F)c(F)c2F)C1=O. The van der Waals surface area contributed by atoms with E-state index in [0.29, 0.717) is 14.9 Å². The summed E-state index contributed by atoms with van der Waals surface area (Å²) in [5.41, 5.74) is -2.46. The summed E-state index contributed by atoms with van der Waals surface area (Å²) in [7, 11) is 0. The van der Waals surface area contributed by atoms with Crippen LogP contribution in [0.3, 0.4) is 0 Å². The molecule has 0 aliphatic carbocycles. The lowest BCUT2D eigenvalue weighted by Gasteiger charge is -2.22. The van der Waals surface area contributed by atoms with Gasteiger partial charge in [-0.3, -0.25) is 9.69 Å². The summed E-state index contributed by atoms with van der Waals surface area (Å²) in [6, 6.07) is 5.37. The number of hydrogen-bond donors (Lipinski definition) is 1. The molecule has 2 aromatic carbocycles. The van der Waals surface area contributed by atoms with Crippen LogP contribution in [-0.4, -0.2) is 16.8 Å². The van der Waals surface area contributed by atoms with Gasteiger partial charge < -0.3 is 5.32 Å². The first kappa shape index (κ1) is 19.3. The van der Waals surface area contributed by atoms with Gasteiger partial charge >= 0.3 is 6.03 Å². The van der Waals surface area contributed by atoms with Crippen molar-refractivity contribution in [2.24, 2.45) is 0 Å². The Balaban J connectivity index is 2.01. The number of nitrogens with zero attached hydrogens (tertiary/aromatic N) is 1. The normalized spacial score (nSPS) is 19.6. The average Bonchev–Trinajstić information content (AvgIpc) is 2.85. The Labute approximate surface area is 158 Å². The van der Waals surface area contributed by atoms with Gasteiger partial charge in [-0.05, 0) is 24.6 Å². The molecular weight excluding hydrogens is 439 g/mol. The van der Waals surface area contributed by atoms with Crippen molar-refractivity contribution < 1.29 is 31.5 Å². The third-order valence-corrected chi connectivity index (χ3v) is 4.79.